The third kappa shape index (κ3) is 3.17. The molecule has 1 aromatic rings. The van der Waals surface area contributed by atoms with Crippen molar-refractivity contribution in [3.63, 3.8) is 0 Å². The SMILES string of the molecule is Cc1nnc(SC(C)C(C)O)c(C(=N)N)c1C. The first-order chi connectivity index (χ1) is 7.84. The number of nitrogen functional groups attached to an aromatic ring is 1. The molecule has 1 aromatic heterocycles. The number of nitrogens with two attached hydrogens (primary N) is 1. The Morgan fingerprint density at radius 2 is 1.94 bits per heavy atom. The number of rotatable bonds is 4. The molecule has 0 radical (unpaired) electrons. The van der Waals surface area contributed by atoms with Gasteiger partial charge in [-0.25, -0.2) is 0 Å². The molecule has 0 aliphatic heterocycles. The predicted molar refractivity (Wildman–Crippen MR) is 69.5 cm³/mol. The molecule has 0 aliphatic carbocycles. The van der Waals surface area contributed by atoms with Gasteiger partial charge in [-0.1, -0.05) is 18.7 Å². The lowest BCUT2D eigenvalue weighted by molar-refractivity contribution is 0.196. The zero-order valence-electron chi connectivity index (χ0n) is 10.5. The fourth-order valence-corrected chi connectivity index (χ4v) is 2.28. The van der Waals surface area contributed by atoms with Crippen molar-refractivity contribution in [1.82, 2.24) is 10.2 Å². The highest BCUT2D eigenvalue weighted by atomic mass is 32.2. The normalized spacial score (nSPS) is 14.4. The van der Waals surface area contributed by atoms with Crippen LogP contribution in [0.3, 0.4) is 0 Å². The van der Waals surface area contributed by atoms with Gasteiger partial charge in [0.2, 0.25) is 0 Å². The Bertz CT molecular complexity index is 434. The standard InChI is InChI=1S/C11H18N4OS/c1-5-6(2)14-15-11(9(5)10(12)13)17-8(4)7(3)16/h7-8,16H,1-4H3,(H3,12,13). The molecule has 2 atom stereocenters. The van der Waals surface area contributed by atoms with Crippen molar-refractivity contribution >= 4 is 17.6 Å². The van der Waals surface area contributed by atoms with Crippen molar-refractivity contribution < 1.29 is 5.11 Å². The van der Waals surface area contributed by atoms with Crippen LogP contribution in [0.1, 0.15) is 30.7 Å². The first-order valence-corrected chi connectivity index (χ1v) is 6.25. The van der Waals surface area contributed by atoms with Gasteiger partial charge in [-0.3, -0.25) is 5.41 Å². The van der Waals surface area contributed by atoms with E-state index in [1.165, 1.54) is 11.8 Å². The highest BCUT2D eigenvalue weighted by Gasteiger charge is 2.18. The van der Waals surface area contributed by atoms with Gasteiger partial charge in [-0.05, 0) is 26.3 Å². The predicted octanol–water partition coefficient (Wildman–Crippen LogP) is 1.24. The molecular weight excluding hydrogens is 236 g/mol. The lowest BCUT2D eigenvalue weighted by Gasteiger charge is -2.16. The Morgan fingerprint density at radius 3 is 2.41 bits per heavy atom. The molecule has 0 aliphatic rings. The molecule has 1 heterocycles. The molecule has 0 fully saturated rings. The topological polar surface area (TPSA) is 95.9 Å². The summed E-state index contributed by atoms with van der Waals surface area (Å²) >= 11 is 1.39. The first kappa shape index (κ1) is 13.9. The second-order valence-electron chi connectivity index (χ2n) is 4.07. The minimum atomic E-state index is -0.455. The van der Waals surface area contributed by atoms with Crippen LogP contribution in [0, 0.1) is 19.3 Å². The highest BCUT2D eigenvalue weighted by Crippen LogP contribution is 2.28. The van der Waals surface area contributed by atoms with Gasteiger partial charge in [0.25, 0.3) is 0 Å². The molecule has 1 rings (SSSR count). The Hall–Kier alpha value is -1.14. The van der Waals surface area contributed by atoms with E-state index in [1.54, 1.807) is 6.92 Å². The smallest absolute Gasteiger partial charge is 0.130 e. The van der Waals surface area contributed by atoms with Crippen LogP contribution in [0.5, 0.6) is 0 Å². The minimum Gasteiger partial charge on any atom is -0.392 e. The van der Waals surface area contributed by atoms with Crippen molar-refractivity contribution in [2.45, 2.75) is 44.1 Å². The molecule has 4 N–H and O–H groups in total. The summed E-state index contributed by atoms with van der Waals surface area (Å²) in [4.78, 5) is 0. The molecule has 0 aromatic carbocycles. The molecule has 0 saturated carbocycles. The molecule has 17 heavy (non-hydrogen) atoms. The Morgan fingerprint density at radius 1 is 1.35 bits per heavy atom. The maximum Gasteiger partial charge on any atom is 0.130 e. The van der Waals surface area contributed by atoms with Crippen LogP contribution in [-0.2, 0) is 0 Å². The van der Waals surface area contributed by atoms with E-state index in [2.05, 4.69) is 10.2 Å². The van der Waals surface area contributed by atoms with E-state index in [0.717, 1.165) is 11.3 Å². The number of thioether (sulfide) groups is 1. The van der Waals surface area contributed by atoms with E-state index >= 15 is 0 Å². The molecule has 94 valence electrons. The molecule has 0 spiro atoms. The number of hydrogen-bond donors (Lipinski definition) is 3. The van der Waals surface area contributed by atoms with Crippen LogP contribution in [0.2, 0.25) is 0 Å². The summed E-state index contributed by atoms with van der Waals surface area (Å²) in [5, 5.41) is 25.8. The zero-order valence-corrected chi connectivity index (χ0v) is 11.3. The summed E-state index contributed by atoms with van der Waals surface area (Å²) in [7, 11) is 0. The number of aliphatic hydroxyl groups is 1. The van der Waals surface area contributed by atoms with Crippen LogP contribution in [0.4, 0.5) is 0 Å². The number of nitrogens with one attached hydrogen (secondary N) is 1. The molecular formula is C11H18N4OS. The second-order valence-corrected chi connectivity index (χ2v) is 5.43. The molecule has 0 saturated heterocycles. The molecule has 0 amide bonds. The Kier molecular flexibility index (Phi) is 4.47. The molecule has 6 heteroatoms. The summed E-state index contributed by atoms with van der Waals surface area (Å²) in [6.45, 7) is 7.33. The highest BCUT2D eigenvalue weighted by molar-refractivity contribution is 8.00. The number of amidine groups is 1. The summed E-state index contributed by atoms with van der Waals surface area (Å²) < 4.78 is 0. The average Bonchev–Trinajstić information content (AvgIpc) is 2.22. The van der Waals surface area contributed by atoms with Gasteiger partial charge in [-0.15, -0.1) is 5.10 Å². The molecule has 5 nitrogen and oxygen atoms in total. The lowest BCUT2D eigenvalue weighted by Crippen LogP contribution is -2.20. The zero-order chi connectivity index (χ0) is 13.2. The largest absolute Gasteiger partial charge is 0.392 e. The molecule has 0 bridgehead atoms. The maximum absolute atomic E-state index is 9.48. The van der Waals surface area contributed by atoms with Gasteiger partial charge in [0.05, 0.1) is 17.4 Å². The lowest BCUT2D eigenvalue weighted by atomic mass is 10.1. The van der Waals surface area contributed by atoms with Crippen LogP contribution in [0.25, 0.3) is 0 Å². The molecule has 2 unspecified atom stereocenters. The van der Waals surface area contributed by atoms with Crippen molar-refractivity contribution in [2.75, 3.05) is 0 Å². The van der Waals surface area contributed by atoms with Crippen molar-refractivity contribution in [3.05, 3.63) is 16.8 Å². The summed E-state index contributed by atoms with van der Waals surface area (Å²) in [6.07, 6.45) is -0.455. The van der Waals surface area contributed by atoms with Gasteiger partial charge >= 0.3 is 0 Å². The van der Waals surface area contributed by atoms with Crippen molar-refractivity contribution in [2.24, 2.45) is 5.73 Å². The monoisotopic (exact) mass is 254 g/mol. The van der Waals surface area contributed by atoms with Gasteiger partial charge < -0.3 is 10.8 Å². The fourth-order valence-electron chi connectivity index (χ4n) is 1.26. The van der Waals surface area contributed by atoms with Crippen molar-refractivity contribution in [3.8, 4) is 0 Å². The summed E-state index contributed by atoms with van der Waals surface area (Å²) in [6, 6.07) is 0. The van der Waals surface area contributed by atoms with Gasteiger partial charge in [0.15, 0.2) is 0 Å². The second kappa shape index (κ2) is 5.46. The van der Waals surface area contributed by atoms with E-state index in [-0.39, 0.29) is 11.1 Å². The number of aryl methyl sites for hydroxylation is 1. The quantitative estimate of drug-likeness (QED) is 0.427. The van der Waals surface area contributed by atoms with E-state index in [1.807, 2.05) is 20.8 Å². The first-order valence-electron chi connectivity index (χ1n) is 5.37. The van der Waals surface area contributed by atoms with Gasteiger partial charge in [0.1, 0.15) is 10.9 Å². The van der Waals surface area contributed by atoms with Crippen LogP contribution in [-0.4, -0.2) is 32.5 Å². The summed E-state index contributed by atoms with van der Waals surface area (Å²) in [5.41, 5.74) is 7.83. The number of nitrogens with zero attached hydrogens (tertiary/aromatic N) is 2. The average molecular weight is 254 g/mol. The number of hydrogen-bond acceptors (Lipinski definition) is 5. The van der Waals surface area contributed by atoms with Gasteiger partial charge in [0, 0.05) is 5.25 Å². The van der Waals surface area contributed by atoms with E-state index in [4.69, 9.17) is 11.1 Å². The third-order valence-electron chi connectivity index (χ3n) is 2.67. The van der Waals surface area contributed by atoms with E-state index < -0.39 is 6.10 Å². The van der Waals surface area contributed by atoms with Gasteiger partial charge in [-0.2, -0.15) is 5.10 Å². The van der Waals surface area contributed by atoms with E-state index in [0.29, 0.717) is 10.6 Å². The number of aliphatic hydroxyl groups excluding tert-OH is 1. The van der Waals surface area contributed by atoms with Crippen molar-refractivity contribution in [1.29, 1.82) is 5.41 Å². The van der Waals surface area contributed by atoms with E-state index in [9.17, 15) is 5.11 Å². The van der Waals surface area contributed by atoms with Crippen LogP contribution >= 0.6 is 11.8 Å². The van der Waals surface area contributed by atoms with Crippen LogP contribution in [0.15, 0.2) is 5.03 Å². The Balaban J connectivity index is 3.16. The Labute approximate surface area is 105 Å². The third-order valence-corrected chi connectivity index (χ3v) is 3.94. The van der Waals surface area contributed by atoms with Crippen LogP contribution < -0.4 is 5.73 Å². The number of aromatic nitrogens is 2. The minimum absolute atomic E-state index is 0.0132. The maximum atomic E-state index is 9.48. The fraction of sp³-hybridized carbons (Fsp3) is 0.545. The summed E-state index contributed by atoms with van der Waals surface area (Å²) in [5.74, 6) is -0.0132.